The van der Waals surface area contributed by atoms with Crippen LogP contribution >= 0.6 is 34.8 Å². The van der Waals surface area contributed by atoms with Crippen LogP contribution in [0.15, 0.2) is 199 Å². The van der Waals surface area contributed by atoms with Gasteiger partial charge in [-0.05, 0) is 194 Å². The molecule has 12 rings (SSSR count). The summed E-state index contributed by atoms with van der Waals surface area (Å²) in [5.41, 5.74) is 13.5. The first-order valence-corrected chi connectivity index (χ1v) is 36.6. The summed E-state index contributed by atoms with van der Waals surface area (Å²) in [5.74, 6) is 4.14. The molecule has 12 N–H and O–H groups in total. The van der Waals surface area contributed by atoms with Gasteiger partial charge in [-0.15, -0.1) is 36.5 Å². The zero-order valence-electron chi connectivity index (χ0n) is 66.3. The number of aromatic nitrogens is 2. The number of nitrogens with two attached hydrogens (primary N) is 3. The number of amides is 5. The summed E-state index contributed by atoms with van der Waals surface area (Å²) in [4.78, 5) is 108. The summed E-state index contributed by atoms with van der Waals surface area (Å²) in [5, 5.41) is 27.0. The van der Waals surface area contributed by atoms with E-state index in [2.05, 4.69) is 46.9 Å². The maximum absolute atomic E-state index is 12.4. The highest BCUT2D eigenvalue weighted by Crippen LogP contribution is 2.35. The molecule has 42 heteroatoms. The van der Waals surface area contributed by atoms with E-state index in [9.17, 15) is 69.5 Å². The molecular formula is C78H83Cl3F6N10O22S. The Labute approximate surface area is 701 Å². The zero-order chi connectivity index (χ0) is 91.6. The molecular weight excluding hydrogens is 1680 g/mol. The third-order valence-electron chi connectivity index (χ3n) is 15.7. The maximum Gasteiger partial charge on any atom is 0.573 e. The molecule has 3 atom stereocenters. The highest BCUT2D eigenvalue weighted by molar-refractivity contribution is 7.79. The fourth-order valence-corrected chi connectivity index (χ4v) is 10.5. The average Bonchev–Trinajstić information content (AvgIpc) is 1.65. The number of methoxy groups -OCH3 is 4. The lowest BCUT2D eigenvalue weighted by Crippen LogP contribution is -2.45. The SMILES string of the molecule is COC(=O)c1ccc(OC)cc1.COc1ccc(C(=O)CN)cc1.COc1ccc(C(=O)O)cc1.NN.O=C(NNC(=O)C1CC(=O)N(c2ccc(Cl)cc2)C1)c1ccc(OC(F)(F)F)cc1.O=C(O)C1CC(=O)N(c2ccc(Cl)cc2)C1.O=C1CC(c2nnc(-c3ccc(OC(F)(F)F)cc3)o2)CN1c1ccc(Cl)cc1.O=S(=O)(O)O.[2H]CC.[3H]C. The van der Waals surface area contributed by atoms with Gasteiger partial charge in [0, 0.05) is 90.5 Å². The number of carbonyl (C=O) groups excluding carboxylic acids is 7. The van der Waals surface area contributed by atoms with E-state index in [1.54, 1.807) is 160 Å². The summed E-state index contributed by atoms with van der Waals surface area (Å²) >= 11 is 17.4. The van der Waals surface area contributed by atoms with E-state index in [1.807, 2.05) is 0 Å². The number of hydrogen-bond donors (Lipinski definition) is 9. The van der Waals surface area contributed by atoms with Crippen molar-refractivity contribution in [1.82, 2.24) is 21.0 Å². The summed E-state index contributed by atoms with van der Waals surface area (Å²) in [6, 6.07) is 49.4. The molecule has 32 nitrogen and oxygen atoms in total. The molecule has 3 saturated heterocycles. The number of esters is 1. The monoisotopic (exact) mass is 1770 g/mol. The van der Waals surface area contributed by atoms with Crippen LogP contribution in [-0.4, -0.2) is 159 Å². The smallest absolute Gasteiger partial charge is 0.497 e. The van der Waals surface area contributed by atoms with E-state index in [0.29, 0.717) is 68.2 Å². The average molecular weight is 1770 g/mol. The number of anilines is 3. The highest BCUT2D eigenvalue weighted by Gasteiger charge is 2.38. The van der Waals surface area contributed by atoms with Crippen LogP contribution in [-0.2, 0) is 39.1 Å². The molecule has 0 bridgehead atoms. The van der Waals surface area contributed by atoms with Crippen LogP contribution in [0.25, 0.3) is 11.5 Å². The Balaban J connectivity index is 0.000000384. The van der Waals surface area contributed by atoms with Crippen LogP contribution < -0.4 is 66.7 Å². The number of Topliss-reactive ketones (excluding diaryl/α,β-unsaturated/α-hetero) is 1. The van der Waals surface area contributed by atoms with Gasteiger partial charge >= 0.3 is 41.0 Å². The molecule has 3 unspecified atom stereocenters. The van der Waals surface area contributed by atoms with E-state index in [4.69, 9.17) is 89.6 Å². The Morgan fingerprint density at radius 1 is 0.542 bits per heavy atom. The molecule has 0 aliphatic carbocycles. The number of carboxylic acids is 2. The first-order valence-electron chi connectivity index (χ1n) is 35.8. The lowest BCUT2D eigenvalue weighted by molar-refractivity contribution is -0.275. The van der Waals surface area contributed by atoms with Crippen molar-refractivity contribution in [1.29, 1.82) is 0 Å². The Morgan fingerprint density at radius 2 is 0.883 bits per heavy atom. The first kappa shape index (κ1) is 98.1. The normalized spacial score (nSPS) is 14.3. The van der Waals surface area contributed by atoms with Crippen LogP contribution in [0.5, 0.6) is 28.7 Å². The summed E-state index contributed by atoms with van der Waals surface area (Å²) in [7, 11) is 2.63. The molecule has 5 amide bonds. The highest BCUT2D eigenvalue weighted by atomic mass is 35.5. The van der Waals surface area contributed by atoms with Crippen molar-refractivity contribution in [3.63, 3.8) is 0 Å². The third-order valence-corrected chi connectivity index (χ3v) is 16.5. The standard InChI is InChI=1S/C19H15ClF3N3O4.C19H13ClF3N3O3.C11H10ClNO3.C9H11NO2.C9H10O3.C8H8O3.C2H6.CH4.H4N2.H2O4S/c20-13-3-5-14(6-4-13)26-10-12(9-16(26)27)18(29)25-24-17(28)11-1-7-15(8-2-11)30-19(21,22)23;20-13-3-5-14(6-4-13)26-10-12(9-16(26)27)18-25-24-17(28-18)11-1-7-15(8-2-11)29-19(21,22)23;12-8-1-3-9(4-2-8)13-6-7(11(15)16)5-10(13)14;1-12-8-4-2-7(3-5-8)9(11)6-10;1-11-8-5-3-7(4-6-8)9(10)12-2;1-11-7-4-2-6(3-5-7)8(9)10;1-2;;1-2;1-5(2,3)4/h1-8,12H,9-10H2,(H,24,28)(H,25,29);1-8,12H,9-10H2;1-4,7H,5-6H2,(H,15,16);2-5H,6,10H2,1H3;3-6H,1-2H3;2-5H,1H3,(H,9,10);1-2H3;1H4;1-2H2;(H2,1,2,3,4)/i;;;;;;1D;1T;;. The van der Waals surface area contributed by atoms with Crippen LogP contribution in [0.3, 0.4) is 0 Å². The number of halogens is 9. The predicted molar refractivity (Wildman–Crippen MR) is 429 cm³/mol. The molecule has 0 saturated carbocycles. The molecule has 9 aromatic rings. The fourth-order valence-electron chi connectivity index (χ4n) is 10.1. The number of aliphatic carboxylic acids is 1. The molecule has 3 fully saturated rings. The van der Waals surface area contributed by atoms with Gasteiger partial charge in [0.15, 0.2) is 5.78 Å². The summed E-state index contributed by atoms with van der Waals surface area (Å²) in [6.07, 6.45) is -9.35. The second kappa shape index (κ2) is 49.7. The van der Waals surface area contributed by atoms with E-state index in [0.717, 1.165) is 53.6 Å². The van der Waals surface area contributed by atoms with Crippen molar-refractivity contribution >= 4 is 115 Å². The van der Waals surface area contributed by atoms with Crippen molar-refractivity contribution in [3.8, 4) is 40.2 Å². The minimum absolute atomic E-state index is 0.00936. The number of hydrogen-bond acceptors (Lipinski definition) is 23. The van der Waals surface area contributed by atoms with Crippen molar-refractivity contribution in [2.24, 2.45) is 29.3 Å². The minimum Gasteiger partial charge on any atom is -0.497 e. The van der Waals surface area contributed by atoms with E-state index < -0.39 is 64.5 Å². The van der Waals surface area contributed by atoms with Gasteiger partial charge < -0.3 is 63.5 Å². The summed E-state index contributed by atoms with van der Waals surface area (Å²) < 4.78 is 149. The van der Waals surface area contributed by atoms with Crippen molar-refractivity contribution in [2.45, 2.75) is 59.1 Å². The Kier molecular flexibility index (Phi) is 40.6. The molecule has 3 aliphatic rings. The first-order chi connectivity index (χ1) is 57.7. The van der Waals surface area contributed by atoms with E-state index >= 15 is 0 Å². The molecule has 0 radical (unpaired) electrons. The molecule has 8 aromatic carbocycles. The Hall–Kier alpha value is -12.5. The molecule has 646 valence electrons. The van der Waals surface area contributed by atoms with Crippen LogP contribution in [0, 0.1) is 11.8 Å². The number of nitrogens with zero attached hydrogens (tertiary/aromatic N) is 5. The number of alkyl halides is 6. The number of benzene rings is 8. The number of hydrazine groups is 2. The molecule has 120 heavy (non-hydrogen) atoms. The van der Waals surface area contributed by atoms with Gasteiger partial charge in [-0.1, -0.05) is 56.0 Å². The van der Waals surface area contributed by atoms with Crippen molar-refractivity contribution in [3.05, 3.63) is 237 Å². The predicted octanol–water partition coefficient (Wildman–Crippen LogP) is 13.2. The summed E-state index contributed by atoms with van der Waals surface area (Å²) in [6.45, 7) is 3.08. The van der Waals surface area contributed by atoms with Crippen molar-refractivity contribution in [2.75, 3.05) is 69.3 Å². The quantitative estimate of drug-likeness (QED) is 0.0102. The Bertz CT molecular complexity index is 4870. The molecule has 0 spiro atoms. The van der Waals surface area contributed by atoms with E-state index in [1.165, 1.54) is 55.7 Å². The molecule has 1 aromatic heterocycles. The third kappa shape index (κ3) is 35.0. The van der Waals surface area contributed by atoms with Gasteiger partial charge in [-0.2, -0.15) is 8.42 Å². The lowest BCUT2D eigenvalue weighted by Gasteiger charge is -2.17. The number of ether oxygens (including phenoxy) is 6. The van der Waals surface area contributed by atoms with E-state index in [-0.39, 0.29) is 97.1 Å². The van der Waals surface area contributed by atoms with Crippen LogP contribution in [0.1, 0.15) is 96.5 Å². The molecule has 3 aliphatic heterocycles. The maximum atomic E-state index is 12.4. The second-order valence-corrected chi connectivity index (χ2v) is 25.8. The minimum atomic E-state index is -4.84. The van der Waals surface area contributed by atoms with Gasteiger partial charge in [0.25, 0.3) is 5.91 Å². The van der Waals surface area contributed by atoms with Crippen LogP contribution in [0.2, 0.25) is 15.1 Å². The van der Waals surface area contributed by atoms with Crippen LogP contribution in [0.4, 0.5) is 43.4 Å². The number of rotatable bonds is 17. The fraction of sp³-hybridized carbons (Fsp3) is 0.244. The molecule has 4 heterocycles. The van der Waals surface area contributed by atoms with Gasteiger partial charge in [-0.25, -0.2) is 9.59 Å². The number of ketones is 1. The zero-order valence-corrected chi connectivity index (χ0v) is 67.4. The lowest BCUT2D eigenvalue weighted by atomic mass is 10.1. The number of aromatic carboxylic acids is 1. The van der Waals surface area contributed by atoms with Crippen molar-refractivity contribution < 1.29 is 133 Å². The van der Waals surface area contributed by atoms with Gasteiger partial charge in [0.05, 0.1) is 63.9 Å². The Morgan fingerprint density at radius 3 is 1.24 bits per heavy atom. The van der Waals surface area contributed by atoms with Gasteiger partial charge in [-0.3, -0.25) is 65.2 Å². The number of carboxylic acid groups (broad SMARTS) is 2. The number of nitrogens with one attached hydrogen (secondary N) is 2. The van der Waals surface area contributed by atoms with Gasteiger partial charge in [0.1, 0.15) is 28.7 Å². The number of carbonyl (C=O) groups is 9. The topological polar surface area (TPSA) is 475 Å². The van der Waals surface area contributed by atoms with Gasteiger partial charge in [0.2, 0.25) is 35.4 Å². The largest absolute Gasteiger partial charge is 0.573 e. The second-order valence-electron chi connectivity index (χ2n) is 23.6.